The van der Waals surface area contributed by atoms with Crippen molar-refractivity contribution < 1.29 is 0 Å². The van der Waals surface area contributed by atoms with Crippen molar-refractivity contribution in [3.05, 3.63) is 23.5 Å². The van der Waals surface area contributed by atoms with Gasteiger partial charge in [-0.3, -0.25) is 0 Å². The number of allylic oxidation sites excluding steroid dienone is 1. The monoisotopic (exact) mass is 309 g/mol. The first-order valence-electron chi connectivity index (χ1n) is 8.92. The van der Waals surface area contributed by atoms with E-state index < -0.39 is 0 Å². The SMILES string of the molecule is C=C1C(C)C2SCC(CC)=C(CC)N12.CCCCCCC. The summed E-state index contributed by atoms with van der Waals surface area (Å²) < 4.78 is 0. The van der Waals surface area contributed by atoms with Crippen LogP contribution in [0.3, 0.4) is 0 Å². The van der Waals surface area contributed by atoms with Crippen molar-refractivity contribution in [2.24, 2.45) is 5.92 Å². The highest BCUT2D eigenvalue weighted by Gasteiger charge is 2.43. The van der Waals surface area contributed by atoms with Crippen LogP contribution in [0.15, 0.2) is 23.5 Å². The predicted molar refractivity (Wildman–Crippen MR) is 98.4 cm³/mol. The van der Waals surface area contributed by atoms with Crippen molar-refractivity contribution in [2.45, 2.75) is 84.9 Å². The highest BCUT2D eigenvalue weighted by Crippen LogP contribution is 2.49. The first kappa shape index (κ1) is 18.7. The van der Waals surface area contributed by atoms with Gasteiger partial charge in [-0.25, -0.2) is 0 Å². The highest BCUT2D eigenvalue weighted by molar-refractivity contribution is 8.00. The van der Waals surface area contributed by atoms with Gasteiger partial charge in [0.1, 0.15) is 0 Å². The molecule has 0 aromatic carbocycles. The Bertz CT molecular complexity index is 355. The molecule has 21 heavy (non-hydrogen) atoms. The van der Waals surface area contributed by atoms with Crippen LogP contribution in [-0.4, -0.2) is 16.0 Å². The lowest BCUT2D eigenvalue weighted by molar-refractivity contribution is 0.200. The molecule has 0 radical (unpaired) electrons. The molecule has 2 aliphatic heterocycles. The van der Waals surface area contributed by atoms with Gasteiger partial charge < -0.3 is 4.90 Å². The van der Waals surface area contributed by atoms with Gasteiger partial charge in [-0.15, -0.1) is 11.8 Å². The van der Waals surface area contributed by atoms with Gasteiger partial charge in [0.15, 0.2) is 0 Å². The smallest absolute Gasteiger partial charge is 0.0876 e. The first-order chi connectivity index (χ1) is 10.1. The van der Waals surface area contributed by atoms with E-state index in [4.69, 9.17) is 0 Å². The molecule has 2 aliphatic rings. The number of hydrogen-bond acceptors (Lipinski definition) is 2. The molecular formula is C19H35NS. The molecule has 0 spiro atoms. The van der Waals surface area contributed by atoms with Gasteiger partial charge in [0, 0.05) is 23.1 Å². The Hall–Kier alpha value is -0.370. The predicted octanol–water partition coefficient (Wildman–Crippen LogP) is 6.58. The maximum absolute atomic E-state index is 4.17. The number of hydrogen-bond donors (Lipinski definition) is 0. The zero-order valence-corrected chi connectivity index (χ0v) is 15.7. The van der Waals surface area contributed by atoms with Gasteiger partial charge in [0.05, 0.1) is 5.37 Å². The topological polar surface area (TPSA) is 3.24 Å². The zero-order chi connectivity index (χ0) is 15.8. The average Bonchev–Trinajstić information content (AvgIpc) is 2.53. The van der Waals surface area contributed by atoms with E-state index in [0.717, 1.165) is 6.42 Å². The van der Waals surface area contributed by atoms with E-state index in [0.29, 0.717) is 11.3 Å². The standard InChI is InChI=1S/C12H19NS.C7H16/c1-5-10-7-14-12-8(3)9(4)13(12)11(10)6-2;1-3-5-7-6-4-2/h8,12H,4-7H2,1-3H3;3-7H2,1-2H3. The largest absolute Gasteiger partial charge is 0.336 e. The van der Waals surface area contributed by atoms with E-state index in [1.165, 1.54) is 50.0 Å². The lowest BCUT2D eigenvalue weighted by Gasteiger charge is -2.53. The molecule has 0 aromatic rings. The van der Waals surface area contributed by atoms with Gasteiger partial charge in [-0.2, -0.15) is 0 Å². The summed E-state index contributed by atoms with van der Waals surface area (Å²) >= 11 is 2.08. The molecule has 0 bridgehead atoms. The molecular weight excluding hydrogens is 274 g/mol. The molecule has 1 nitrogen and oxygen atoms in total. The lowest BCUT2D eigenvalue weighted by Crippen LogP contribution is -2.51. The van der Waals surface area contributed by atoms with E-state index in [2.05, 4.69) is 57.9 Å². The molecule has 0 saturated carbocycles. The summed E-state index contributed by atoms with van der Waals surface area (Å²) in [5.74, 6) is 1.92. The average molecular weight is 310 g/mol. The Morgan fingerprint density at radius 1 is 1.05 bits per heavy atom. The van der Waals surface area contributed by atoms with E-state index in [-0.39, 0.29) is 0 Å². The van der Waals surface area contributed by atoms with E-state index in [9.17, 15) is 0 Å². The maximum Gasteiger partial charge on any atom is 0.0876 e. The summed E-state index contributed by atoms with van der Waals surface area (Å²) in [5, 5.41) is 0.688. The van der Waals surface area contributed by atoms with Gasteiger partial charge in [0.25, 0.3) is 0 Å². The Balaban J connectivity index is 0.000000270. The van der Waals surface area contributed by atoms with Gasteiger partial charge in [-0.1, -0.05) is 73.3 Å². The van der Waals surface area contributed by atoms with E-state index in [1.54, 1.807) is 11.3 Å². The van der Waals surface area contributed by atoms with Crippen molar-refractivity contribution in [2.75, 3.05) is 5.75 Å². The second-order valence-corrected chi connectivity index (χ2v) is 7.27. The van der Waals surface area contributed by atoms with Crippen LogP contribution in [0.2, 0.25) is 0 Å². The van der Waals surface area contributed by atoms with Crippen LogP contribution >= 0.6 is 11.8 Å². The first-order valence-corrected chi connectivity index (χ1v) is 9.97. The minimum Gasteiger partial charge on any atom is -0.336 e. The number of fused-ring (bicyclic) bond motifs is 1. The summed E-state index contributed by atoms with van der Waals surface area (Å²) in [6.45, 7) is 15.5. The normalized spacial score (nSPS) is 24.2. The van der Waals surface area contributed by atoms with E-state index in [1.807, 2.05) is 0 Å². The molecule has 0 amide bonds. The van der Waals surface area contributed by atoms with Crippen LogP contribution in [0.25, 0.3) is 0 Å². The van der Waals surface area contributed by atoms with Crippen molar-refractivity contribution in [3.63, 3.8) is 0 Å². The molecule has 2 atom stereocenters. The van der Waals surface area contributed by atoms with Crippen molar-refractivity contribution in [3.8, 4) is 0 Å². The molecule has 2 heterocycles. The van der Waals surface area contributed by atoms with Crippen LogP contribution in [0.5, 0.6) is 0 Å². The van der Waals surface area contributed by atoms with Gasteiger partial charge in [-0.05, 0) is 18.4 Å². The molecule has 0 N–H and O–H groups in total. The van der Waals surface area contributed by atoms with Crippen molar-refractivity contribution in [1.82, 2.24) is 4.90 Å². The summed E-state index contributed by atoms with van der Waals surface area (Å²) in [7, 11) is 0. The third-order valence-corrected chi connectivity index (χ3v) is 6.09. The summed E-state index contributed by atoms with van der Waals surface area (Å²) in [4.78, 5) is 2.47. The number of rotatable bonds is 6. The molecule has 2 heteroatoms. The lowest BCUT2D eigenvalue weighted by atomic mass is 9.93. The number of thioether (sulfide) groups is 1. The molecule has 1 fully saturated rings. The molecule has 0 aliphatic carbocycles. The van der Waals surface area contributed by atoms with Crippen LogP contribution in [0.1, 0.15) is 79.6 Å². The third-order valence-electron chi connectivity index (χ3n) is 4.61. The number of nitrogens with zero attached hydrogens (tertiary/aromatic N) is 1. The fourth-order valence-electron chi connectivity index (χ4n) is 3.08. The Labute approximate surface area is 137 Å². The minimum atomic E-state index is 0.681. The van der Waals surface area contributed by atoms with Crippen LogP contribution < -0.4 is 0 Å². The van der Waals surface area contributed by atoms with Crippen LogP contribution in [-0.2, 0) is 0 Å². The Morgan fingerprint density at radius 3 is 2.14 bits per heavy atom. The summed E-state index contributed by atoms with van der Waals surface area (Å²) in [5.41, 5.74) is 4.51. The quantitative estimate of drug-likeness (QED) is 0.510. The summed E-state index contributed by atoms with van der Waals surface area (Å²) in [6, 6.07) is 0. The maximum atomic E-state index is 4.17. The van der Waals surface area contributed by atoms with Crippen molar-refractivity contribution in [1.29, 1.82) is 0 Å². The Morgan fingerprint density at radius 2 is 1.67 bits per heavy atom. The molecule has 0 aromatic heterocycles. The fourth-order valence-corrected chi connectivity index (χ4v) is 4.68. The number of unbranched alkanes of at least 4 members (excludes halogenated alkanes) is 4. The Kier molecular flexibility index (Phi) is 8.55. The summed E-state index contributed by atoms with van der Waals surface area (Å²) in [6.07, 6.45) is 9.36. The molecule has 2 unspecified atom stereocenters. The third kappa shape index (κ3) is 4.55. The molecule has 122 valence electrons. The van der Waals surface area contributed by atoms with E-state index >= 15 is 0 Å². The highest BCUT2D eigenvalue weighted by atomic mass is 32.2. The second kappa shape index (κ2) is 9.61. The molecule has 1 saturated heterocycles. The second-order valence-electron chi connectivity index (χ2n) is 6.17. The molecule has 2 rings (SSSR count). The minimum absolute atomic E-state index is 0.681. The zero-order valence-electron chi connectivity index (χ0n) is 14.9. The van der Waals surface area contributed by atoms with Crippen LogP contribution in [0.4, 0.5) is 0 Å². The van der Waals surface area contributed by atoms with Gasteiger partial charge in [0.2, 0.25) is 0 Å². The fraction of sp³-hybridized carbons (Fsp3) is 0.789. The van der Waals surface area contributed by atoms with Crippen LogP contribution in [0, 0.1) is 5.92 Å². The van der Waals surface area contributed by atoms with Crippen molar-refractivity contribution >= 4 is 11.8 Å². The van der Waals surface area contributed by atoms with Gasteiger partial charge >= 0.3 is 0 Å².